The smallest absolute Gasteiger partial charge is 0.191 e. The third-order valence-electron chi connectivity index (χ3n) is 4.89. The first-order valence-corrected chi connectivity index (χ1v) is 9.25. The molecular weight excluding hydrogens is 314 g/mol. The van der Waals surface area contributed by atoms with Crippen LogP contribution in [0.1, 0.15) is 44.1 Å². The van der Waals surface area contributed by atoms with Gasteiger partial charge in [0.2, 0.25) is 0 Å². The van der Waals surface area contributed by atoms with Gasteiger partial charge >= 0.3 is 0 Å². The molecule has 0 bridgehead atoms. The van der Waals surface area contributed by atoms with E-state index < -0.39 is 0 Å². The zero-order valence-electron chi connectivity index (χ0n) is 15.3. The van der Waals surface area contributed by atoms with Gasteiger partial charge in [0.15, 0.2) is 17.5 Å². The van der Waals surface area contributed by atoms with Crippen molar-refractivity contribution >= 4 is 5.96 Å². The van der Waals surface area contributed by atoms with Crippen molar-refractivity contribution in [2.45, 2.75) is 57.2 Å². The van der Waals surface area contributed by atoms with Crippen LogP contribution in [0, 0.1) is 0 Å². The van der Waals surface area contributed by atoms with Crippen molar-refractivity contribution in [2.24, 2.45) is 4.99 Å². The van der Waals surface area contributed by atoms with Crippen molar-refractivity contribution in [3.8, 4) is 11.5 Å². The fraction of sp³-hybridized carbons (Fsp3) is 0.550. The summed E-state index contributed by atoms with van der Waals surface area (Å²) in [5.41, 5.74) is 1.10. The Morgan fingerprint density at radius 3 is 2.64 bits per heavy atom. The van der Waals surface area contributed by atoms with E-state index >= 15 is 0 Å². The van der Waals surface area contributed by atoms with E-state index in [0.29, 0.717) is 18.7 Å². The van der Waals surface area contributed by atoms with E-state index in [9.17, 15) is 0 Å². The summed E-state index contributed by atoms with van der Waals surface area (Å²) >= 11 is 0. The second-order valence-corrected chi connectivity index (χ2v) is 6.68. The minimum Gasteiger partial charge on any atom is -0.493 e. The van der Waals surface area contributed by atoms with Crippen LogP contribution in [0.3, 0.4) is 0 Å². The second kappa shape index (κ2) is 8.79. The van der Waals surface area contributed by atoms with Gasteiger partial charge in [0, 0.05) is 25.2 Å². The zero-order chi connectivity index (χ0) is 17.5. The van der Waals surface area contributed by atoms with Gasteiger partial charge in [-0.25, -0.2) is 0 Å². The average Bonchev–Trinajstić information content (AvgIpc) is 3.33. The molecule has 3 rings (SSSR count). The highest BCUT2D eigenvalue weighted by molar-refractivity contribution is 5.80. The molecule has 0 aromatic heterocycles. The van der Waals surface area contributed by atoms with Crippen LogP contribution in [-0.4, -0.2) is 32.3 Å². The van der Waals surface area contributed by atoms with Crippen LogP contribution in [0.5, 0.6) is 11.5 Å². The van der Waals surface area contributed by atoms with Gasteiger partial charge in [0.05, 0.1) is 13.2 Å². The van der Waals surface area contributed by atoms with E-state index in [1.807, 2.05) is 12.1 Å². The fourth-order valence-corrected chi connectivity index (χ4v) is 3.47. The fourth-order valence-electron chi connectivity index (χ4n) is 3.47. The van der Waals surface area contributed by atoms with Crippen molar-refractivity contribution in [2.75, 3.05) is 14.2 Å². The van der Waals surface area contributed by atoms with Gasteiger partial charge in [-0.1, -0.05) is 24.3 Å². The molecule has 136 valence electrons. The van der Waals surface area contributed by atoms with Gasteiger partial charge in [-0.2, -0.15) is 0 Å². The lowest BCUT2D eigenvalue weighted by Crippen LogP contribution is -2.42. The third kappa shape index (κ3) is 4.68. The summed E-state index contributed by atoms with van der Waals surface area (Å²) in [5.74, 6) is 2.49. The number of hydrogen-bond acceptors (Lipinski definition) is 3. The number of hydrogen-bond donors (Lipinski definition) is 2. The molecule has 1 saturated carbocycles. The highest BCUT2D eigenvalue weighted by atomic mass is 16.5. The minimum absolute atomic E-state index is 0.303. The molecule has 0 spiro atoms. The molecular formula is C20H29N3O2. The number of benzene rings is 1. The first kappa shape index (κ1) is 17.6. The number of para-hydroxylation sites is 1. The van der Waals surface area contributed by atoms with Gasteiger partial charge in [-0.15, -0.1) is 0 Å². The summed E-state index contributed by atoms with van der Waals surface area (Å²) in [6.07, 6.45) is 11.6. The Bertz CT molecular complexity index is 613. The molecule has 0 heterocycles. The summed E-state index contributed by atoms with van der Waals surface area (Å²) in [6, 6.07) is 6.50. The Morgan fingerprint density at radius 1 is 1.20 bits per heavy atom. The predicted molar refractivity (Wildman–Crippen MR) is 101 cm³/mol. The summed E-state index contributed by atoms with van der Waals surface area (Å²) in [6.45, 7) is 0.652. The average molecular weight is 343 g/mol. The first-order valence-electron chi connectivity index (χ1n) is 9.25. The zero-order valence-corrected chi connectivity index (χ0v) is 15.3. The molecule has 5 nitrogen and oxygen atoms in total. The van der Waals surface area contributed by atoms with E-state index in [-0.39, 0.29) is 0 Å². The first-order chi connectivity index (χ1) is 12.3. The van der Waals surface area contributed by atoms with Crippen LogP contribution in [0.4, 0.5) is 0 Å². The SMILES string of the molecule is CN=C(NCc1cccc(OC)c1OC1CCCC1)NC1CC=CC1. The maximum absolute atomic E-state index is 6.29. The number of aliphatic imine (C=N–C) groups is 1. The lowest BCUT2D eigenvalue weighted by Gasteiger charge is -2.21. The Balaban J connectivity index is 1.65. The summed E-state index contributed by atoms with van der Waals surface area (Å²) < 4.78 is 11.8. The number of guanidine groups is 1. The maximum atomic E-state index is 6.29. The van der Waals surface area contributed by atoms with E-state index in [4.69, 9.17) is 9.47 Å². The molecule has 2 aliphatic rings. The van der Waals surface area contributed by atoms with Gasteiger partial charge in [-0.05, 0) is 44.6 Å². The van der Waals surface area contributed by atoms with E-state index in [0.717, 1.165) is 48.7 Å². The minimum atomic E-state index is 0.303. The normalized spacial score (nSPS) is 18.6. The highest BCUT2D eigenvalue weighted by Crippen LogP contribution is 2.34. The van der Waals surface area contributed by atoms with Crippen LogP contribution < -0.4 is 20.1 Å². The predicted octanol–water partition coefficient (Wildman–Crippen LogP) is 3.40. The highest BCUT2D eigenvalue weighted by Gasteiger charge is 2.20. The Labute approximate surface area is 150 Å². The number of ether oxygens (including phenoxy) is 2. The molecule has 1 aromatic carbocycles. The largest absolute Gasteiger partial charge is 0.493 e. The van der Waals surface area contributed by atoms with Crippen molar-refractivity contribution in [3.05, 3.63) is 35.9 Å². The molecule has 2 aliphatic carbocycles. The monoisotopic (exact) mass is 343 g/mol. The molecule has 0 unspecified atom stereocenters. The molecule has 0 atom stereocenters. The second-order valence-electron chi connectivity index (χ2n) is 6.68. The topological polar surface area (TPSA) is 54.9 Å². The maximum Gasteiger partial charge on any atom is 0.191 e. The Morgan fingerprint density at radius 2 is 1.96 bits per heavy atom. The number of methoxy groups -OCH3 is 1. The van der Waals surface area contributed by atoms with E-state index in [1.54, 1.807) is 14.2 Å². The van der Waals surface area contributed by atoms with Gasteiger partial charge in [-0.3, -0.25) is 4.99 Å². The third-order valence-corrected chi connectivity index (χ3v) is 4.89. The number of rotatable bonds is 6. The molecule has 2 N–H and O–H groups in total. The quantitative estimate of drug-likeness (QED) is 0.472. The van der Waals surface area contributed by atoms with Crippen LogP contribution in [0.15, 0.2) is 35.3 Å². The van der Waals surface area contributed by atoms with Crippen LogP contribution in [0.2, 0.25) is 0 Å². The van der Waals surface area contributed by atoms with Crippen LogP contribution >= 0.6 is 0 Å². The van der Waals surface area contributed by atoms with E-state index in [1.165, 1.54) is 12.8 Å². The molecule has 25 heavy (non-hydrogen) atoms. The van der Waals surface area contributed by atoms with E-state index in [2.05, 4.69) is 33.8 Å². The molecule has 0 aliphatic heterocycles. The Hall–Kier alpha value is -2.17. The lowest BCUT2D eigenvalue weighted by atomic mass is 10.1. The molecule has 1 aromatic rings. The van der Waals surface area contributed by atoms with Crippen LogP contribution in [-0.2, 0) is 6.54 Å². The van der Waals surface area contributed by atoms with Crippen LogP contribution in [0.25, 0.3) is 0 Å². The van der Waals surface area contributed by atoms with Crippen molar-refractivity contribution in [1.29, 1.82) is 0 Å². The number of nitrogens with one attached hydrogen (secondary N) is 2. The summed E-state index contributed by atoms with van der Waals surface area (Å²) in [5, 5.41) is 6.87. The van der Waals surface area contributed by atoms with Gasteiger partial charge in [0.25, 0.3) is 0 Å². The molecule has 5 heteroatoms. The lowest BCUT2D eigenvalue weighted by molar-refractivity contribution is 0.198. The van der Waals surface area contributed by atoms with Crippen molar-refractivity contribution < 1.29 is 9.47 Å². The van der Waals surface area contributed by atoms with Gasteiger partial charge < -0.3 is 20.1 Å². The van der Waals surface area contributed by atoms with Gasteiger partial charge in [0.1, 0.15) is 0 Å². The molecule has 0 saturated heterocycles. The molecule has 0 amide bonds. The number of nitrogens with zero attached hydrogens (tertiary/aromatic N) is 1. The van der Waals surface area contributed by atoms with Crippen molar-refractivity contribution in [1.82, 2.24) is 10.6 Å². The Kier molecular flexibility index (Phi) is 6.20. The standard InChI is InChI=1S/C20H29N3O2/c1-21-20(23-16-9-3-4-10-16)22-14-15-8-7-13-18(24-2)19(15)25-17-11-5-6-12-17/h3-4,7-8,13,16-17H,5-6,9-12,14H2,1-2H3,(H2,21,22,23). The molecule has 0 radical (unpaired) electrons. The molecule has 1 fully saturated rings. The summed E-state index contributed by atoms with van der Waals surface area (Å²) in [4.78, 5) is 4.34. The summed E-state index contributed by atoms with van der Waals surface area (Å²) in [7, 11) is 3.50. The van der Waals surface area contributed by atoms with Crippen molar-refractivity contribution in [3.63, 3.8) is 0 Å².